The van der Waals surface area contributed by atoms with Crippen LogP contribution >= 0.6 is 0 Å². The van der Waals surface area contributed by atoms with E-state index in [4.69, 9.17) is 0 Å². The number of hydrogen-bond acceptors (Lipinski definition) is 2. The van der Waals surface area contributed by atoms with Gasteiger partial charge in [-0.05, 0) is 37.3 Å². The summed E-state index contributed by atoms with van der Waals surface area (Å²) in [4.78, 5) is 10.6. The standard InChI is InChI=1S/C16H20O2/c17-12-14-9-7-13(8-10-14)11-15-5-3-1-2-4-6-16(15)18/h6-10,12,15,18H,1-5,11H2. The fourth-order valence-corrected chi connectivity index (χ4v) is 2.50. The Hall–Kier alpha value is -1.57. The highest BCUT2D eigenvalue weighted by atomic mass is 16.3. The second-order valence-corrected chi connectivity index (χ2v) is 5.03. The summed E-state index contributed by atoms with van der Waals surface area (Å²) in [7, 11) is 0. The largest absolute Gasteiger partial charge is 0.512 e. The predicted molar refractivity (Wildman–Crippen MR) is 72.8 cm³/mol. The molecule has 96 valence electrons. The lowest BCUT2D eigenvalue weighted by molar-refractivity contribution is 0.112. The molecule has 1 aliphatic rings. The summed E-state index contributed by atoms with van der Waals surface area (Å²) in [6, 6.07) is 7.64. The monoisotopic (exact) mass is 244 g/mol. The highest BCUT2D eigenvalue weighted by Gasteiger charge is 2.15. The van der Waals surface area contributed by atoms with Gasteiger partial charge in [0, 0.05) is 11.5 Å². The molecule has 1 aromatic carbocycles. The molecule has 0 amide bonds. The molecule has 0 spiro atoms. The van der Waals surface area contributed by atoms with Crippen LogP contribution in [-0.2, 0) is 6.42 Å². The Morgan fingerprint density at radius 3 is 2.67 bits per heavy atom. The number of hydrogen-bond donors (Lipinski definition) is 1. The Bertz CT molecular complexity index is 417. The van der Waals surface area contributed by atoms with Gasteiger partial charge in [-0.25, -0.2) is 0 Å². The first-order chi connectivity index (χ1) is 8.79. The molecule has 1 aromatic rings. The van der Waals surface area contributed by atoms with Crippen LogP contribution < -0.4 is 0 Å². The van der Waals surface area contributed by atoms with E-state index in [1.807, 2.05) is 30.3 Å². The molecule has 0 fully saturated rings. The number of rotatable bonds is 3. The Kier molecular flexibility index (Phi) is 4.57. The summed E-state index contributed by atoms with van der Waals surface area (Å²) in [6.45, 7) is 0. The smallest absolute Gasteiger partial charge is 0.150 e. The van der Waals surface area contributed by atoms with Crippen LogP contribution in [0.3, 0.4) is 0 Å². The molecule has 2 rings (SSSR count). The number of allylic oxidation sites excluding steroid dienone is 2. The zero-order valence-electron chi connectivity index (χ0n) is 10.6. The van der Waals surface area contributed by atoms with E-state index in [9.17, 15) is 9.90 Å². The van der Waals surface area contributed by atoms with Crippen LogP contribution in [0.25, 0.3) is 0 Å². The van der Waals surface area contributed by atoms with Gasteiger partial charge < -0.3 is 5.11 Å². The van der Waals surface area contributed by atoms with Crippen molar-refractivity contribution in [2.75, 3.05) is 0 Å². The molecule has 18 heavy (non-hydrogen) atoms. The number of carbonyl (C=O) groups is 1. The maximum Gasteiger partial charge on any atom is 0.150 e. The van der Waals surface area contributed by atoms with Gasteiger partial charge in [-0.1, -0.05) is 37.1 Å². The van der Waals surface area contributed by atoms with Crippen LogP contribution in [0.1, 0.15) is 48.0 Å². The zero-order valence-corrected chi connectivity index (χ0v) is 10.6. The Balaban J connectivity index is 2.05. The van der Waals surface area contributed by atoms with Crippen molar-refractivity contribution in [3.8, 4) is 0 Å². The topological polar surface area (TPSA) is 37.3 Å². The van der Waals surface area contributed by atoms with Crippen molar-refractivity contribution in [3.05, 3.63) is 47.2 Å². The van der Waals surface area contributed by atoms with E-state index in [-0.39, 0.29) is 5.92 Å². The third-order valence-electron chi connectivity index (χ3n) is 3.63. The van der Waals surface area contributed by atoms with Gasteiger partial charge in [0.1, 0.15) is 6.29 Å². The van der Waals surface area contributed by atoms with Crippen LogP contribution in [0, 0.1) is 5.92 Å². The van der Waals surface area contributed by atoms with Gasteiger partial charge in [0.2, 0.25) is 0 Å². The van der Waals surface area contributed by atoms with Gasteiger partial charge in [-0.15, -0.1) is 0 Å². The minimum Gasteiger partial charge on any atom is -0.512 e. The molecule has 0 radical (unpaired) electrons. The molecular weight excluding hydrogens is 224 g/mol. The van der Waals surface area contributed by atoms with Crippen molar-refractivity contribution < 1.29 is 9.90 Å². The molecule has 1 atom stereocenters. The molecule has 2 heteroatoms. The SMILES string of the molecule is O=Cc1ccc(CC2CCCCCC=C2O)cc1. The average Bonchev–Trinajstić information content (AvgIpc) is 2.39. The van der Waals surface area contributed by atoms with Gasteiger partial charge in [0.25, 0.3) is 0 Å². The van der Waals surface area contributed by atoms with Gasteiger partial charge in [0.05, 0.1) is 5.76 Å². The summed E-state index contributed by atoms with van der Waals surface area (Å²) in [5.74, 6) is 0.793. The van der Waals surface area contributed by atoms with Gasteiger partial charge in [-0.2, -0.15) is 0 Å². The van der Waals surface area contributed by atoms with Crippen molar-refractivity contribution in [1.82, 2.24) is 0 Å². The summed E-state index contributed by atoms with van der Waals surface area (Å²) in [5, 5.41) is 10.0. The maximum absolute atomic E-state index is 10.6. The molecular formula is C16H20O2. The summed E-state index contributed by atoms with van der Waals surface area (Å²) < 4.78 is 0. The van der Waals surface area contributed by atoms with Gasteiger partial charge in [-0.3, -0.25) is 4.79 Å². The van der Waals surface area contributed by atoms with Gasteiger partial charge >= 0.3 is 0 Å². The van der Waals surface area contributed by atoms with Crippen molar-refractivity contribution in [2.45, 2.75) is 38.5 Å². The molecule has 0 aliphatic heterocycles. The number of benzene rings is 1. The van der Waals surface area contributed by atoms with Crippen molar-refractivity contribution in [3.63, 3.8) is 0 Å². The lowest BCUT2D eigenvalue weighted by atomic mass is 9.89. The van der Waals surface area contributed by atoms with E-state index in [0.29, 0.717) is 11.3 Å². The first-order valence-corrected chi connectivity index (χ1v) is 6.72. The Labute approximate surface area is 108 Å². The first-order valence-electron chi connectivity index (χ1n) is 6.72. The third-order valence-corrected chi connectivity index (χ3v) is 3.63. The Morgan fingerprint density at radius 1 is 1.17 bits per heavy atom. The molecule has 0 saturated carbocycles. The van der Waals surface area contributed by atoms with Crippen LogP contribution in [0.4, 0.5) is 0 Å². The molecule has 0 bridgehead atoms. The van der Waals surface area contributed by atoms with E-state index in [1.54, 1.807) is 0 Å². The number of aliphatic hydroxyl groups excluding tert-OH is 1. The second kappa shape index (κ2) is 6.39. The predicted octanol–water partition coefficient (Wildman–Crippen LogP) is 4.06. The minimum absolute atomic E-state index is 0.243. The third kappa shape index (κ3) is 3.46. The number of aldehydes is 1. The fraction of sp³-hybridized carbons (Fsp3) is 0.438. The molecule has 1 N–H and O–H groups in total. The average molecular weight is 244 g/mol. The molecule has 1 unspecified atom stereocenters. The van der Waals surface area contributed by atoms with Crippen LogP contribution in [0.5, 0.6) is 0 Å². The lowest BCUT2D eigenvalue weighted by Gasteiger charge is -2.18. The van der Waals surface area contributed by atoms with Crippen LogP contribution in [-0.4, -0.2) is 11.4 Å². The van der Waals surface area contributed by atoms with Crippen LogP contribution in [0.2, 0.25) is 0 Å². The van der Waals surface area contributed by atoms with Crippen LogP contribution in [0.15, 0.2) is 36.1 Å². The maximum atomic E-state index is 10.6. The quantitative estimate of drug-likeness (QED) is 0.814. The van der Waals surface area contributed by atoms with Crippen molar-refractivity contribution in [2.24, 2.45) is 5.92 Å². The first kappa shape index (κ1) is 12.9. The number of aliphatic hydroxyl groups is 1. The summed E-state index contributed by atoms with van der Waals surface area (Å²) in [6.07, 6.45) is 9.37. The molecule has 1 aliphatic carbocycles. The zero-order chi connectivity index (χ0) is 12.8. The molecule has 2 nitrogen and oxygen atoms in total. The molecule has 0 saturated heterocycles. The lowest BCUT2D eigenvalue weighted by Crippen LogP contribution is -2.09. The molecule has 0 aromatic heterocycles. The van der Waals surface area contributed by atoms with E-state index >= 15 is 0 Å². The van der Waals surface area contributed by atoms with Gasteiger partial charge in [0.15, 0.2) is 0 Å². The van der Waals surface area contributed by atoms with E-state index < -0.39 is 0 Å². The Morgan fingerprint density at radius 2 is 1.94 bits per heavy atom. The van der Waals surface area contributed by atoms with Crippen molar-refractivity contribution >= 4 is 6.29 Å². The van der Waals surface area contributed by atoms with E-state index in [1.165, 1.54) is 24.8 Å². The number of carbonyl (C=O) groups excluding carboxylic acids is 1. The summed E-state index contributed by atoms with van der Waals surface area (Å²) in [5.41, 5.74) is 1.89. The van der Waals surface area contributed by atoms with E-state index in [2.05, 4.69) is 0 Å². The van der Waals surface area contributed by atoms with Crippen molar-refractivity contribution in [1.29, 1.82) is 0 Å². The highest BCUT2D eigenvalue weighted by molar-refractivity contribution is 5.74. The second-order valence-electron chi connectivity index (χ2n) is 5.03. The molecule has 0 heterocycles. The normalized spacial score (nSPS) is 20.7. The fourth-order valence-electron chi connectivity index (χ4n) is 2.50. The minimum atomic E-state index is 0.243. The van der Waals surface area contributed by atoms with E-state index in [0.717, 1.165) is 25.5 Å². The highest BCUT2D eigenvalue weighted by Crippen LogP contribution is 2.25. The summed E-state index contributed by atoms with van der Waals surface area (Å²) >= 11 is 0.